The van der Waals surface area contributed by atoms with Gasteiger partial charge in [0, 0.05) is 43.1 Å². The van der Waals surface area contributed by atoms with Crippen molar-refractivity contribution in [2.75, 3.05) is 33.4 Å². The highest BCUT2D eigenvalue weighted by atomic mass is 32.2. The van der Waals surface area contributed by atoms with Crippen molar-refractivity contribution < 1.29 is 9.47 Å². The zero-order chi connectivity index (χ0) is 19.4. The standard InChI is InChI=1S/C22H29N3O2S/c1-23-22(24-13-5-14-27-19-12-15-26-17-19)25-16-18-8-10-21(11-9-18)28-20-6-3-2-4-7-20/h2-4,6-11,19H,5,12-17H2,1H3,(H2,23,24,25). The molecule has 1 unspecified atom stereocenters. The third-order valence-electron chi connectivity index (χ3n) is 4.44. The number of benzene rings is 2. The van der Waals surface area contributed by atoms with Crippen LogP contribution in [0, 0.1) is 0 Å². The molecule has 28 heavy (non-hydrogen) atoms. The fourth-order valence-electron chi connectivity index (χ4n) is 2.88. The van der Waals surface area contributed by atoms with Crippen LogP contribution in [0.2, 0.25) is 0 Å². The van der Waals surface area contributed by atoms with Crippen molar-refractivity contribution >= 4 is 17.7 Å². The molecule has 0 radical (unpaired) electrons. The highest BCUT2D eigenvalue weighted by molar-refractivity contribution is 7.99. The lowest BCUT2D eigenvalue weighted by Crippen LogP contribution is -2.37. The molecule has 0 spiro atoms. The van der Waals surface area contributed by atoms with E-state index in [-0.39, 0.29) is 6.10 Å². The number of guanidine groups is 1. The number of nitrogens with zero attached hydrogens (tertiary/aromatic N) is 1. The lowest BCUT2D eigenvalue weighted by atomic mass is 10.2. The van der Waals surface area contributed by atoms with Gasteiger partial charge in [0.05, 0.1) is 12.7 Å². The van der Waals surface area contributed by atoms with E-state index in [0.29, 0.717) is 0 Å². The maximum absolute atomic E-state index is 5.77. The molecule has 0 amide bonds. The second kappa shape index (κ2) is 11.7. The Labute approximate surface area is 171 Å². The second-order valence-electron chi connectivity index (χ2n) is 6.62. The van der Waals surface area contributed by atoms with Crippen LogP contribution in [-0.2, 0) is 16.0 Å². The van der Waals surface area contributed by atoms with E-state index in [4.69, 9.17) is 9.47 Å². The van der Waals surface area contributed by atoms with Gasteiger partial charge in [-0.3, -0.25) is 4.99 Å². The van der Waals surface area contributed by atoms with Gasteiger partial charge in [0.1, 0.15) is 0 Å². The van der Waals surface area contributed by atoms with Crippen molar-refractivity contribution in [3.05, 3.63) is 60.2 Å². The normalized spacial score (nSPS) is 16.9. The van der Waals surface area contributed by atoms with E-state index in [9.17, 15) is 0 Å². The van der Waals surface area contributed by atoms with Gasteiger partial charge in [0.25, 0.3) is 0 Å². The molecule has 1 atom stereocenters. The first-order valence-corrected chi connectivity index (χ1v) is 10.6. The summed E-state index contributed by atoms with van der Waals surface area (Å²) < 4.78 is 11.1. The monoisotopic (exact) mass is 399 g/mol. The molecule has 1 aliphatic heterocycles. The van der Waals surface area contributed by atoms with Gasteiger partial charge >= 0.3 is 0 Å². The Bertz CT molecular complexity index is 716. The fraction of sp³-hybridized carbons (Fsp3) is 0.409. The van der Waals surface area contributed by atoms with Gasteiger partial charge in [0.15, 0.2) is 5.96 Å². The molecular weight excluding hydrogens is 370 g/mol. The molecular formula is C22H29N3O2S. The Morgan fingerprint density at radius 3 is 2.61 bits per heavy atom. The molecule has 0 saturated carbocycles. The van der Waals surface area contributed by atoms with Crippen molar-refractivity contribution in [3.63, 3.8) is 0 Å². The molecule has 1 heterocycles. The largest absolute Gasteiger partial charge is 0.379 e. The number of nitrogens with one attached hydrogen (secondary N) is 2. The van der Waals surface area contributed by atoms with Crippen LogP contribution in [0.5, 0.6) is 0 Å². The molecule has 1 aliphatic rings. The van der Waals surface area contributed by atoms with Crippen molar-refractivity contribution in [2.24, 2.45) is 4.99 Å². The van der Waals surface area contributed by atoms with Gasteiger partial charge in [-0.25, -0.2) is 0 Å². The predicted molar refractivity (Wildman–Crippen MR) is 115 cm³/mol. The lowest BCUT2D eigenvalue weighted by Gasteiger charge is -2.13. The Morgan fingerprint density at radius 1 is 1.11 bits per heavy atom. The molecule has 0 bridgehead atoms. The van der Waals surface area contributed by atoms with Crippen LogP contribution in [0.3, 0.4) is 0 Å². The first-order chi connectivity index (χ1) is 13.8. The van der Waals surface area contributed by atoms with E-state index < -0.39 is 0 Å². The van der Waals surface area contributed by atoms with E-state index in [0.717, 1.165) is 51.7 Å². The maximum atomic E-state index is 5.77. The van der Waals surface area contributed by atoms with Gasteiger partial charge in [-0.05, 0) is 42.7 Å². The third kappa shape index (κ3) is 7.19. The molecule has 3 rings (SSSR count). The van der Waals surface area contributed by atoms with Crippen LogP contribution in [0.25, 0.3) is 0 Å². The molecule has 6 heteroatoms. The minimum Gasteiger partial charge on any atom is -0.379 e. The molecule has 5 nitrogen and oxygen atoms in total. The summed E-state index contributed by atoms with van der Waals surface area (Å²) in [6.07, 6.45) is 2.24. The summed E-state index contributed by atoms with van der Waals surface area (Å²) in [6, 6.07) is 19.1. The molecule has 0 aromatic heterocycles. The molecule has 2 aromatic carbocycles. The molecule has 1 saturated heterocycles. The van der Waals surface area contributed by atoms with Gasteiger partial charge in [0.2, 0.25) is 0 Å². The molecule has 0 aliphatic carbocycles. The predicted octanol–water partition coefficient (Wildman–Crippen LogP) is 3.70. The second-order valence-corrected chi connectivity index (χ2v) is 7.77. The summed E-state index contributed by atoms with van der Waals surface area (Å²) in [4.78, 5) is 6.77. The minimum atomic E-state index is 0.278. The third-order valence-corrected chi connectivity index (χ3v) is 5.46. The van der Waals surface area contributed by atoms with Crippen LogP contribution in [-0.4, -0.2) is 45.5 Å². The van der Waals surface area contributed by atoms with Crippen LogP contribution in [0.4, 0.5) is 0 Å². The van der Waals surface area contributed by atoms with Gasteiger partial charge in [-0.2, -0.15) is 0 Å². The van der Waals surface area contributed by atoms with Crippen molar-refractivity contribution in [3.8, 4) is 0 Å². The van der Waals surface area contributed by atoms with E-state index in [1.54, 1.807) is 18.8 Å². The summed E-state index contributed by atoms with van der Waals surface area (Å²) >= 11 is 1.77. The summed E-state index contributed by atoms with van der Waals surface area (Å²) in [5.74, 6) is 0.812. The van der Waals surface area contributed by atoms with Gasteiger partial charge in [-0.15, -0.1) is 0 Å². The SMILES string of the molecule is CN=C(NCCCOC1CCOC1)NCc1ccc(Sc2ccccc2)cc1. The summed E-state index contributed by atoms with van der Waals surface area (Å²) in [6.45, 7) is 3.88. The number of hydrogen-bond donors (Lipinski definition) is 2. The minimum absolute atomic E-state index is 0.278. The molecule has 150 valence electrons. The first-order valence-electron chi connectivity index (χ1n) is 9.79. The zero-order valence-electron chi connectivity index (χ0n) is 16.4. The summed E-state index contributed by atoms with van der Waals surface area (Å²) in [7, 11) is 1.79. The van der Waals surface area contributed by atoms with Gasteiger partial charge in [-0.1, -0.05) is 42.1 Å². The van der Waals surface area contributed by atoms with E-state index >= 15 is 0 Å². The van der Waals surface area contributed by atoms with Crippen LogP contribution in [0.1, 0.15) is 18.4 Å². The molecule has 2 N–H and O–H groups in total. The van der Waals surface area contributed by atoms with E-state index in [1.165, 1.54) is 15.4 Å². The summed E-state index contributed by atoms with van der Waals surface area (Å²) in [5, 5.41) is 6.69. The molecule has 2 aromatic rings. The smallest absolute Gasteiger partial charge is 0.191 e. The van der Waals surface area contributed by atoms with Crippen LogP contribution >= 0.6 is 11.8 Å². The Balaban J connectivity index is 1.33. The Kier molecular flexibility index (Phi) is 8.68. The topological polar surface area (TPSA) is 54.9 Å². The average Bonchev–Trinajstić information content (AvgIpc) is 3.25. The van der Waals surface area contributed by atoms with E-state index in [2.05, 4.69) is 64.2 Å². The highest BCUT2D eigenvalue weighted by Gasteiger charge is 2.15. The van der Waals surface area contributed by atoms with Crippen molar-refractivity contribution in [1.29, 1.82) is 0 Å². The van der Waals surface area contributed by atoms with Crippen LogP contribution in [0.15, 0.2) is 69.4 Å². The number of ether oxygens (including phenoxy) is 2. The van der Waals surface area contributed by atoms with Crippen LogP contribution < -0.4 is 10.6 Å². The van der Waals surface area contributed by atoms with E-state index in [1.807, 2.05) is 6.07 Å². The first kappa shape index (κ1) is 20.7. The summed E-state index contributed by atoms with van der Waals surface area (Å²) in [5.41, 5.74) is 1.23. The Morgan fingerprint density at radius 2 is 1.89 bits per heavy atom. The number of hydrogen-bond acceptors (Lipinski definition) is 4. The van der Waals surface area contributed by atoms with Gasteiger partial charge < -0.3 is 20.1 Å². The Hall–Kier alpha value is -2.02. The highest BCUT2D eigenvalue weighted by Crippen LogP contribution is 2.27. The quantitative estimate of drug-likeness (QED) is 0.383. The lowest BCUT2D eigenvalue weighted by molar-refractivity contribution is 0.0420. The average molecular weight is 400 g/mol. The number of aliphatic imine (C=N–C) groups is 1. The maximum Gasteiger partial charge on any atom is 0.191 e. The molecule has 1 fully saturated rings. The van der Waals surface area contributed by atoms with Crippen molar-refractivity contribution in [1.82, 2.24) is 10.6 Å². The fourth-order valence-corrected chi connectivity index (χ4v) is 3.72. The van der Waals surface area contributed by atoms with Crippen molar-refractivity contribution in [2.45, 2.75) is 35.3 Å². The number of rotatable bonds is 9. The zero-order valence-corrected chi connectivity index (χ0v) is 17.2.